The van der Waals surface area contributed by atoms with E-state index in [2.05, 4.69) is 172 Å². The Morgan fingerprint density at radius 1 is 0.537 bits per heavy atom. The van der Waals surface area contributed by atoms with Gasteiger partial charge in [0.05, 0.1) is 9.52 Å². The highest BCUT2D eigenvalue weighted by Gasteiger charge is 2.28. The van der Waals surface area contributed by atoms with Crippen LogP contribution in [0.1, 0.15) is 37.3 Å². The zero-order valence-electron chi connectivity index (χ0n) is 23.9. The molecule has 6 rings (SSSR count). The molecule has 0 unspecified atom stereocenters. The standard InChI is InChI=1S/C39H37PSi/c1-39(2,29-35(30-17-7-3-8-18-30)31-19-9-4-10-20-31)41-37-28-16-22-32-21-15-27-36(38(32)37)40(33-23-11-5-12-24-33)34-25-13-6-14-26-34/h3-28,35H,29,41H2,1-2H3. The predicted octanol–water partition coefficient (Wildman–Crippen LogP) is 7.81. The van der Waals surface area contributed by atoms with Gasteiger partial charge < -0.3 is 0 Å². The lowest BCUT2D eigenvalue weighted by molar-refractivity contribution is 0.559. The molecule has 0 nitrogen and oxygen atoms in total. The second kappa shape index (κ2) is 12.4. The van der Waals surface area contributed by atoms with Gasteiger partial charge in [-0.3, -0.25) is 0 Å². The van der Waals surface area contributed by atoms with Crippen LogP contribution in [0.25, 0.3) is 10.8 Å². The Morgan fingerprint density at radius 2 is 1.00 bits per heavy atom. The summed E-state index contributed by atoms with van der Waals surface area (Å²) in [6.07, 6.45) is 1.14. The Hall–Kier alpha value is -3.77. The quantitative estimate of drug-likeness (QED) is 0.124. The average molecular weight is 565 g/mol. The lowest BCUT2D eigenvalue weighted by Gasteiger charge is -2.31. The molecular formula is C39H37PSi. The molecule has 0 N–H and O–H groups in total. The van der Waals surface area contributed by atoms with Gasteiger partial charge in [0, 0.05) is 5.92 Å². The Morgan fingerprint density at radius 3 is 1.51 bits per heavy atom. The van der Waals surface area contributed by atoms with E-state index >= 15 is 0 Å². The maximum absolute atomic E-state index is 2.51. The highest BCUT2D eigenvalue weighted by atomic mass is 31.1. The minimum Gasteiger partial charge on any atom is -0.0630 e. The molecule has 6 aromatic rings. The summed E-state index contributed by atoms with van der Waals surface area (Å²) in [5.74, 6) is 0.389. The second-order valence-corrected chi connectivity index (χ2v) is 16.9. The van der Waals surface area contributed by atoms with Gasteiger partial charge in [-0.2, -0.15) is 0 Å². The third kappa shape index (κ3) is 6.28. The first-order chi connectivity index (χ1) is 20.1. The van der Waals surface area contributed by atoms with Gasteiger partial charge >= 0.3 is 0 Å². The van der Waals surface area contributed by atoms with Crippen molar-refractivity contribution in [2.24, 2.45) is 0 Å². The second-order valence-electron chi connectivity index (χ2n) is 11.7. The summed E-state index contributed by atoms with van der Waals surface area (Å²) in [6, 6.07) is 58.4. The molecule has 0 saturated carbocycles. The molecular weight excluding hydrogens is 527 g/mol. The lowest BCUT2D eigenvalue weighted by atomic mass is 9.84. The van der Waals surface area contributed by atoms with Crippen LogP contribution in [0.5, 0.6) is 0 Å². The molecule has 0 aliphatic rings. The summed E-state index contributed by atoms with van der Waals surface area (Å²) in [5.41, 5.74) is 2.83. The van der Waals surface area contributed by atoms with Crippen LogP contribution in [0.3, 0.4) is 0 Å². The minimum atomic E-state index is -0.670. The summed E-state index contributed by atoms with van der Waals surface area (Å²) in [7, 11) is -1.33. The van der Waals surface area contributed by atoms with Crippen molar-refractivity contribution >= 4 is 49.3 Å². The number of benzene rings is 6. The molecule has 0 aromatic heterocycles. The summed E-state index contributed by atoms with van der Waals surface area (Å²) in [5, 5.41) is 8.96. The van der Waals surface area contributed by atoms with Gasteiger partial charge in [0.1, 0.15) is 0 Å². The molecule has 0 fully saturated rings. The van der Waals surface area contributed by atoms with E-state index in [9.17, 15) is 0 Å². The maximum Gasteiger partial charge on any atom is 0.0612 e. The van der Waals surface area contributed by atoms with Gasteiger partial charge in [0.15, 0.2) is 0 Å². The van der Waals surface area contributed by atoms with Crippen molar-refractivity contribution in [2.45, 2.75) is 31.2 Å². The fourth-order valence-corrected chi connectivity index (χ4v) is 11.2. The SMILES string of the molecule is CC(C)(CC(c1ccccc1)c1ccccc1)[SiH2]c1cccc2cccc(P(c3ccccc3)c3ccccc3)c12. The third-order valence-electron chi connectivity index (χ3n) is 8.07. The van der Waals surface area contributed by atoms with Crippen LogP contribution in [-0.2, 0) is 0 Å². The molecule has 0 radical (unpaired) electrons. The van der Waals surface area contributed by atoms with Crippen molar-refractivity contribution in [3.05, 3.63) is 169 Å². The minimum absolute atomic E-state index is 0.222. The van der Waals surface area contributed by atoms with Gasteiger partial charge in [-0.1, -0.05) is 177 Å². The Bertz CT molecular complexity index is 1610. The van der Waals surface area contributed by atoms with E-state index in [0.29, 0.717) is 5.92 Å². The topological polar surface area (TPSA) is 0 Å². The first-order valence-electron chi connectivity index (χ1n) is 14.6. The number of hydrogen-bond donors (Lipinski definition) is 0. The first kappa shape index (κ1) is 27.4. The van der Waals surface area contributed by atoms with Crippen LogP contribution in [0.4, 0.5) is 0 Å². The van der Waals surface area contributed by atoms with Crippen LogP contribution in [0.15, 0.2) is 158 Å². The van der Waals surface area contributed by atoms with E-state index in [1.54, 1.807) is 5.19 Å². The van der Waals surface area contributed by atoms with Crippen LogP contribution in [0.2, 0.25) is 5.04 Å². The van der Waals surface area contributed by atoms with Gasteiger partial charge in [-0.25, -0.2) is 0 Å². The molecule has 6 aromatic carbocycles. The van der Waals surface area contributed by atoms with Crippen molar-refractivity contribution in [2.75, 3.05) is 0 Å². The van der Waals surface area contributed by atoms with Gasteiger partial charge in [-0.15, -0.1) is 0 Å². The van der Waals surface area contributed by atoms with Crippen LogP contribution < -0.4 is 21.1 Å². The van der Waals surface area contributed by atoms with Crippen molar-refractivity contribution in [1.29, 1.82) is 0 Å². The molecule has 41 heavy (non-hydrogen) atoms. The van der Waals surface area contributed by atoms with E-state index < -0.39 is 17.4 Å². The molecule has 0 amide bonds. The number of fused-ring (bicyclic) bond motifs is 1. The molecule has 0 saturated heterocycles. The molecule has 0 aliphatic heterocycles. The summed E-state index contributed by atoms with van der Waals surface area (Å²) in [4.78, 5) is 0. The van der Waals surface area contributed by atoms with Gasteiger partial charge in [-0.05, 0) is 57.2 Å². The largest absolute Gasteiger partial charge is 0.0630 e. The zero-order valence-corrected chi connectivity index (χ0v) is 26.3. The van der Waals surface area contributed by atoms with Crippen molar-refractivity contribution in [3.8, 4) is 0 Å². The highest BCUT2D eigenvalue weighted by Crippen LogP contribution is 2.41. The number of hydrogen-bond acceptors (Lipinski definition) is 0. The van der Waals surface area contributed by atoms with Gasteiger partial charge in [0.25, 0.3) is 0 Å². The first-order valence-corrected chi connectivity index (χ1v) is 17.4. The molecule has 0 bridgehead atoms. The van der Waals surface area contributed by atoms with Crippen molar-refractivity contribution in [1.82, 2.24) is 0 Å². The molecule has 0 spiro atoms. The molecule has 0 heterocycles. The monoisotopic (exact) mass is 564 g/mol. The van der Waals surface area contributed by atoms with Gasteiger partial charge in [0.2, 0.25) is 0 Å². The van der Waals surface area contributed by atoms with Crippen molar-refractivity contribution < 1.29 is 0 Å². The fourth-order valence-electron chi connectivity index (χ4n) is 6.25. The van der Waals surface area contributed by atoms with Crippen LogP contribution >= 0.6 is 7.92 Å². The Labute approximate surface area is 248 Å². The molecule has 2 heteroatoms. The van der Waals surface area contributed by atoms with E-state index in [1.807, 2.05) is 0 Å². The average Bonchev–Trinajstić information content (AvgIpc) is 3.02. The predicted molar refractivity (Wildman–Crippen MR) is 184 cm³/mol. The smallest absolute Gasteiger partial charge is 0.0612 e. The Kier molecular flexibility index (Phi) is 8.28. The third-order valence-corrected chi connectivity index (χ3v) is 12.8. The molecule has 202 valence electrons. The zero-order chi connectivity index (χ0) is 28.1. The molecule has 0 aliphatic carbocycles. The summed E-state index contributed by atoms with van der Waals surface area (Å²) < 4.78 is 0. The highest BCUT2D eigenvalue weighted by molar-refractivity contribution is 7.80. The van der Waals surface area contributed by atoms with E-state index in [-0.39, 0.29) is 5.04 Å². The number of rotatable bonds is 9. The van der Waals surface area contributed by atoms with Crippen molar-refractivity contribution in [3.63, 3.8) is 0 Å². The molecule has 0 atom stereocenters. The lowest BCUT2D eigenvalue weighted by Crippen LogP contribution is -2.31. The van der Waals surface area contributed by atoms with E-state index in [4.69, 9.17) is 0 Å². The normalized spacial score (nSPS) is 12.1. The van der Waals surface area contributed by atoms with Crippen LogP contribution in [-0.4, -0.2) is 9.52 Å². The van der Waals surface area contributed by atoms with E-state index in [1.165, 1.54) is 37.8 Å². The van der Waals surface area contributed by atoms with E-state index in [0.717, 1.165) is 6.42 Å². The summed E-state index contributed by atoms with van der Waals surface area (Å²) >= 11 is 0. The van der Waals surface area contributed by atoms with Crippen LogP contribution in [0, 0.1) is 0 Å². The Balaban J connectivity index is 1.43. The fraction of sp³-hybridized carbons (Fsp3) is 0.128. The maximum atomic E-state index is 2.51. The summed E-state index contributed by atoms with van der Waals surface area (Å²) in [6.45, 7) is 5.02.